The van der Waals surface area contributed by atoms with Gasteiger partial charge >= 0.3 is 6.43 Å². The highest BCUT2D eigenvalue weighted by Crippen LogP contribution is 2.28. The van der Waals surface area contributed by atoms with Crippen LogP contribution < -0.4 is 5.73 Å². The van der Waals surface area contributed by atoms with Crippen LogP contribution in [0.15, 0.2) is 40.9 Å². The Labute approximate surface area is 174 Å². The Morgan fingerprint density at radius 3 is 2.61 bits per heavy atom. The third-order valence-electron chi connectivity index (χ3n) is 4.68. The topological polar surface area (TPSA) is 121 Å². The van der Waals surface area contributed by atoms with Crippen molar-refractivity contribution in [2.45, 2.75) is 32.2 Å². The van der Waals surface area contributed by atoms with Crippen LogP contribution in [0.3, 0.4) is 0 Å². The number of alkyl halides is 2. The number of pyridine rings is 1. The van der Waals surface area contributed by atoms with Gasteiger partial charge in [0.1, 0.15) is 5.82 Å². The van der Waals surface area contributed by atoms with E-state index in [0.29, 0.717) is 17.2 Å². The van der Waals surface area contributed by atoms with Gasteiger partial charge in [0.15, 0.2) is 5.82 Å². The van der Waals surface area contributed by atoms with Gasteiger partial charge in [0.25, 0.3) is 5.89 Å². The Hall–Kier alpha value is -3.83. The van der Waals surface area contributed by atoms with Crippen LogP contribution >= 0.6 is 0 Å². The van der Waals surface area contributed by atoms with Gasteiger partial charge in [-0.15, -0.1) is 20.4 Å². The molecule has 4 rings (SSSR count). The minimum absolute atomic E-state index is 0.00562. The maximum atomic E-state index is 14.6. The number of nitrogens with two attached hydrogens (primary N) is 1. The van der Waals surface area contributed by atoms with Crippen molar-refractivity contribution in [1.82, 2.24) is 35.4 Å². The molecular formula is C19H17F3N8O. The van der Waals surface area contributed by atoms with Crippen molar-refractivity contribution < 1.29 is 17.6 Å². The number of rotatable bonds is 6. The zero-order valence-corrected chi connectivity index (χ0v) is 16.5. The van der Waals surface area contributed by atoms with Gasteiger partial charge in [0.05, 0.1) is 17.7 Å². The van der Waals surface area contributed by atoms with Crippen molar-refractivity contribution in [1.29, 1.82) is 0 Å². The van der Waals surface area contributed by atoms with Crippen LogP contribution in [0.1, 0.15) is 43.2 Å². The normalized spacial score (nSPS) is 11.9. The molecule has 3 heterocycles. The van der Waals surface area contributed by atoms with Crippen molar-refractivity contribution in [2.24, 2.45) is 0 Å². The zero-order chi connectivity index (χ0) is 22.2. The number of nitrogens with zero attached hydrogens (tertiary/aromatic N) is 7. The Kier molecular flexibility index (Phi) is 5.13. The van der Waals surface area contributed by atoms with Gasteiger partial charge in [0.2, 0.25) is 5.89 Å². The first kappa shape index (κ1) is 20.4. The minimum Gasteiger partial charge on any atom is -0.415 e. The smallest absolute Gasteiger partial charge is 0.314 e. The van der Waals surface area contributed by atoms with E-state index in [0.717, 1.165) is 6.07 Å². The molecular weight excluding hydrogens is 413 g/mol. The fourth-order valence-corrected chi connectivity index (χ4v) is 2.86. The molecule has 0 bridgehead atoms. The number of nitrogen functional groups attached to an aromatic ring is 1. The lowest BCUT2D eigenvalue weighted by Crippen LogP contribution is -2.23. The molecule has 0 spiro atoms. The summed E-state index contributed by atoms with van der Waals surface area (Å²) in [5.74, 6) is -1.23. The average Bonchev–Trinajstić information content (AvgIpc) is 3.40. The molecule has 3 aromatic heterocycles. The van der Waals surface area contributed by atoms with Gasteiger partial charge in [-0.3, -0.25) is 4.98 Å². The molecule has 0 aliphatic rings. The Balaban J connectivity index is 1.54. The summed E-state index contributed by atoms with van der Waals surface area (Å²) < 4.78 is 44.6. The fraction of sp³-hybridized carbons (Fsp3) is 0.263. The second kappa shape index (κ2) is 7.78. The summed E-state index contributed by atoms with van der Waals surface area (Å²) in [4.78, 5) is 5.58. The number of hydrogen-bond donors (Lipinski definition) is 1. The molecule has 0 saturated heterocycles. The maximum Gasteiger partial charge on any atom is 0.314 e. The van der Waals surface area contributed by atoms with E-state index in [1.165, 1.54) is 16.9 Å². The average molecular weight is 430 g/mol. The van der Waals surface area contributed by atoms with Gasteiger partial charge in [0, 0.05) is 23.0 Å². The lowest BCUT2D eigenvalue weighted by molar-refractivity contribution is 0.116. The summed E-state index contributed by atoms with van der Waals surface area (Å²) in [7, 11) is 0. The molecule has 0 unspecified atom stereocenters. The van der Waals surface area contributed by atoms with Crippen LogP contribution in [0.25, 0.3) is 11.5 Å². The fourth-order valence-electron chi connectivity index (χ4n) is 2.86. The molecule has 9 nitrogen and oxygen atoms in total. The molecule has 2 N–H and O–H groups in total. The van der Waals surface area contributed by atoms with Crippen LogP contribution in [0.2, 0.25) is 0 Å². The minimum atomic E-state index is -2.90. The lowest BCUT2D eigenvalue weighted by Gasteiger charge is -2.19. The predicted octanol–water partition coefficient (Wildman–Crippen LogP) is 3.15. The van der Waals surface area contributed by atoms with Crippen molar-refractivity contribution in [3.8, 4) is 11.5 Å². The van der Waals surface area contributed by atoms with E-state index in [-0.39, 0.29) is 23.6 Å². The first-order valence-corrected chi connectivity index (χ1v) is 9.14. The van der Waals surface area contributed by atoms with Crippen LogP contribution in [0.5, 0.6) is 0 Å². The zero-order valence-electron chi connectivity index (χ0n) is 16.5. The van der Waals surface area contributed by atoms with Gasteiger partial charge in [-0.25, -0.2) is 4.39 Å². The monoisotopic (exact) mass is 430 g/mol. The SMILES string of the molecule is CC(C)(c1cc(N)ccn1)c1nnn(Cc2ccc(-c3nnc(C(F)F)o3)cc2F)n1. The Bertz CT molecular complexity index is 1220. The molecule has 12 heteroatoms. The van der Waals surface area contributed by atoms with E-state index >= 15 is 0 Å². The van der Waals surface area contributed by atoms with Crippen molar-refractivity contribution in [2.75, 3.05) is 5.73 Å². The first-order valence-electron chi connectivity index (χ1n) is 9.14. The number of tetrazole rings is 1. The van der Waals surface area contributed by atoms with Gasteiger partial charge in [-0.2, -0.15) is 13.6 Å². The molecule has 4 aromatic rings. The van der Waals surface area contributed by atoms with E-state index in [1.54, 1.807) is 18.3 Å². The number of benzene rings is 1. The second-order valence-corrected chi connectivity index (χ2v) is 7.30. The number of halogens is 3. The van der Waals surface area contributed by atoms with E-state index in [1.807, 2.05) is 13.8 Å². The predicted molar refractivity (Wildman–Crippen MR) is 102 cm³/mol. The Morgan fingerprint density at radius 1 is 1.13 bits per heavy atom. The maximum absolute atomic E-state index is 14.6. The largest absolute Gasteiger partial charge is 0.415 e. The second-order valence-electron chi connectivity index (χ2n) is 7.30. The molecule has 0 atom stereocenters. The molecule has 1 aromatic carbocycles. The third kappa shape index (κ3) is 4.09. The van der Waals surface area contributed by atoms with Crippen LogP contribution in [-0.2, 0) is 12.0 Å². The number of aromatic nitrogens is 7. The molecule has 0 radical (unpaired) electrons. The van der Waals surface area contributed by atoms with Crippen molar-refractivity contribution >= 4 is 5.69 Å². The summed E-state index contributed by atoms with van der Waals surface area (Å²) in [5.41, 5.74) is 6.85. The number of anilines is 1. The summed E-state index contributed by atoms with van der Waals surface area (Å²) in [6, 6.07) is 7.48. The van der Waals surface area contributed by atoms with Crippen LogP contribution in [0.4, 0.5) is 18.9 Å². The highest BCUT2D eigenvalue weighted by Gasteiger charge is 2.30. The highest BCUT2D eigenvalue weighted by atomic mass is 19.3. The molecule has 160 valence electrons. The standard InChI is InChI=1S/C19H17F3N8O/c1-19(2,14-8-12(23)5-6-24-14)18-27-29-30(28-18)9-11-4-3-10(7-13(11)20)16-25-26-17(31-16)15(21)22/h3-8,15H,9H2,1-2H3,(H2,23,24). The quantitative estimate of drug-likeness (QED) is 0.495. The van der Waals surface area contributed by atoms with Gasteiger partial charge < -0.3 is 10.2 Å². The van der Waals surface area contributed by atoms with Crippen molar-refractivity contribution in [3.63, 3.8) is 0 Å². The highest BCUT2D eigenvalue weighted by molar-refractivity contribution is 5.53. The lowest BCUT2D eigenvalue weighted by atomic mass is 9.88. The van der Waals surface area contributed by atoms with Gasteiger partial charge in [-0.05, 0) is 43.3 Å². The van der Waals surface area contributed by atoms with Crippen molar-refractivity contribution in [3.05, 3.63) is 65.3 Å². The van der Waals surface area contributed by atoms with E-state index in [4.69, 9.17) is 10.2 Å². The van der Waals surface area contributed by atoms with Gasteiger partial charge in [-0.1, -0.05) is 6.07 Å². The third-order valence-corrected chi connectivity index (χ3v) is 4.68. The summed E-state index contributed by atoms with van der Waals surface area (Å²) in [6.45, 7) is 3.76. The number of hydrogen-bond acceptors (Lipinski definition) is 8. The summed E-state index contributed by atoms with van der Waals surface area (Å²) >= 11 is 0. The van der Waals surface area contributed by atoms with E-state index < -0.39 is 23.5 Å². The molecule has 0 fully saturated rings. The molecule has 0 amide bonds. The van der Waals surface area contributed by atoms with Crippen LogP contribution in [0, 0.1) is 5.82 Å². The molecule has 0 aliphatic carbocycles. The molecule has 0 saturated carbocycles. The summed E-state index contributed by atoms with van der Waals surface area (Å²) in [6.07, 6.45) is -1.30. The van der Waals surface area contributed by atoms with E-state index in [9.17, 15) is 13.2 Å². The Morgan fingerprint density at radius 2 is 1.94 bits per heavy atom. The first-order chi connectivity index (χ1) is 14.7. The molecule has 31 heavy (non-hydrogen) atoms. The van der Waals surface area contributed by atoms with Crippen LogP contribution in [-0.4, -0.2) is 35.4 Å². The molecule has 0 aliphatic heterocycles. The summed E-state index contributed by atoms with van der Waals surface area (Å²) in [5, 5.41) is 19.2. The van der Waals surface area contributed by atoms with E-state index in [2.05, 4.69) is 30.6 Å².